The second kappa shape index (κ2) is 7.80. The SMILES string of the molecule is CCN(Cc1ccccn1)C(=O)CC1CSCCS1. The molecule has 1 amide bonds. The van der Waals surface area contributed by atoms with Gasteiger partial charge in [-0.05, 0) is 19.1 Å². The van der Waals surface area contributed by atoms with Gasteiger partial charge < -0.3 is 4.90 Å². The van der Waals surface area contributed by atoms with Crippen LogP contribution in [0.1, 0.15) is 19.0 Å². The summed E-state index contributed by atoms with van der Waals surface area (Å²) in [5, 5.41) is 0.490. The summed E-state index contributed by atoms with van der Waals surface area (Å²) in [4.78, 5) is 18.5. The maximum atomic E-state index is 12.3. The zero-order valence-corrected chi connectivity index (χ0v) is 12.9. The van der Waals surface area contributed by atoms with E-state index in [9.17, 15) is 4.79 Å². The first kappa shape index (κ1) is 14.7. The van der Waals surface area contributed by atoms with Gasteiger partial charge in [-0.2, -0.15) is 23.5 Å². The molecule has 19 heavy (non-hydrogen) atoms. The third-order valence-corrected chi connectivity index (χ3v) is 5.95. The molecule has 1 fully saturated rings. The number of aromatic nitrogens is 1. The minimum absolute atomic E-state index is 0.258. The number of hydrogen-bond donors (Lipinski definition) is 0. The number of nitrogens with zero attached hydrogens (tertiary/aromatic N) is 2. The van der Waals surface area contributed by atoms with Crippen molar-refractivity contribution in [3.05, 3.63) is 30.1 Å². The van der Waals surface area contributed by atoms with Crippen LogP contribution in [0.5, 0.6) is 0 Å². The van der Waals surface area contributed by atoms with Crippen LogP contribution in [0.15, 0.2) is 24.4 Å². The molecule has 0 saturated carbocycles. The molecule has 1 aliphatic rings. The molecule has 1 aromatic heterocycles. The molecule has 2 heterocycles. The molecule has 0 radical (unpaired) electrons. The first-order valence-electron chi connectivity index (χ1n) is 6.66. The first-order chi connectivity index (χ1) is 9.29. The molecule has 1 aliphatic heterocycles. The monoisotopic (exact) mass is 296 g/mol. The van der Waals surface area contributed by atoms with E-state index in [0.717, 1.165) is 18.0 Å². The van der Waals surface area contributed by atoms with Crippen LogP contribution in [0.3, 0.4) is 0 Å². The fraction of sp³-hybridized carbons (Fsp3) is 0.571. The zero-order chi connectivity index (χ0) is 13.5. The Morgan fingerprint density at radius 2 is 2.37 bits per heavy atom. The van der Waals surface area contributed by atoms with E-state index in [1.807, 2.05) is 53.5 Å². The summed E-state index contributed by atoms with van der Waals surface area (Å²) in [6.45, 7) is 3.41. The molecule has 104 valence electrons. The normalized spacial score (nSPS) is 19.1. The van der Waals surface area contributed by atoms with Crippen molar-refractivity contribution >= 4 is 29.4 Å². The standard InChI is InChI=1S/C14H20N2OS2/c1-2-16(10-12-5-3-4-6-15-12)14(17)9-13-11-18-7-8-19-13/h3-6,13H,2,7-11H2,1H3. The fourth-order valence-corrected chi connectivity index (χ4v) is 4.71. The molecule has 1 aromatic rings. The minimum Gasteiger partial charge on any atom is -0.337 e. The Labute approximate surface area is 123 Å². The molecule has 5 heteroatoms. The van der Waals surface area contributed by atoms with Crippen molar-refractivity contribution < 1.29 is 4.79 Å². The summed E-state index contributed by atoms with van der Waals surface area (Å²) in [7, 11) is 0. The van der Waals surface area contributed by atoms with E-state index in [-0.39, 0.29) is 5.91 Å². The summed E-state index contributed by atoms with van der Waals surface area (Å²) in [6.07, 6.45) is 2.44. The minimum atomic E-state index is 0.258. The maximum Gasteiger partial charge on any atom is 0.224 e. The lowest BCUT2D eigenvalue weighted by Crippen LogP contribution is -2.33. The second-order valence-electron chi connectivity index (χ2n) is 4.50. The number of carbonyl (C=O) groups is 1. The molecule has 3 nitrogen and oxygen atoms in total. The average molecular weight is 296 g/mol. The Kier molecular flexibility index (Phi) is 6.04. The molecule has 2 rings (SSSR count). The van der Waals surface area contributed by atoms with Crippen LogP contribution >= 0.6 is 23.5 Å². The van der Waals surface area contributed by atoms with Crippen molar-refractivity contribution in [2.75, 3.05) is 23.8 Å². The number of carbonyl (C=O) groups excluding carboxylic acids is 1. The first-order valence-corrected chi connectivity index (χ1v) is 8.87. The fourth-order valence-electron chi connectivity index (χ4n) is 2.04. The molecule has 1 unspecified atom stereocenters. The van der Waals surface area contributed by atoms with Gasteiger partial charge in [0.05, 0.1) is 12.2 Å². The quantitative estimate of drug-likeness (QED) is 0.836. The number of amides is 1. The molecular weight excluding hydrogens is 276 g/mol. The summed E-state index contributed by atoms with van der Waals surface area (Å²) >= 11 is 3.91. The van der Waals surface area contributed by atoms with Gasteiger partial charge in [-0.25, -0.2) is 0 Å². The van der Waals surface area contributed by atoms with Crippen LogP contribution in [-0.4, -0.2) is 44.8 Å². The Balaban J connectivity index is 1.87. The largest absolute Gasteiger partial charge is 0.337 e. The van der Waals surface area contributed by atoms with Crippen molar-refractivity contribution in [3.8, 4) is 0 Å². The van der Waals surface area contributed by atoms with Crippen LogP contribution in [0.4, 0.5) is 0 Å². The lowest BCUT2D eigenvalue weighted by molar-refractivity contribution is -0.131. The lowest BCUT2D eigenvalue weighted by Gasteiger charge is -2.25. The van der Waals surface area contributed by atoms with E-state index in [0.29, 0.717) is 18.2 Å². The Hall–Kier alpha value is -0.680. The van der Waals surface area contributed by atoms with E-state index in [1.165, 1.54) is 11.5 Å². The van der Waals surface area contributed by atoms with E-state index in [1.54, 1.807) is 6.20 Å². The summed E-state index contributed by atoms with van der Waals surface area (Å²) in [5.41, 5.74) is 0.961. The predicted octanol–water partition coefficient (Wildman–Crippen LogP) is 2.67. The van der Waals surface area contributed by atoms with E-state index in [4.69, 9.17) is 0 Å². The van der Waals surface area contributed by atoms with Crippen molar-refractivity contribution in [2.45, 2.75) is 25.1 Å². The van der Waals surface area contributed by atoms with Gasteiger partial charge in [0, 0.05) is 41.7 Å². The summed E-state index contributed by atoms with van der Waals surface area (Å²) in [6, 6.07) is 5.84. The Morgan fingerprint density at radius 3 is 3.00 bits per heavy atom. The predicted molar refractivity (Wildman–Crippen MR) is 83.5 cm³/mol. The third-order valence-electron chi connectivity index (χ3n) is 3.10. The zero-order valence-electron chi connectivity index (χ0n) is 11.2. The van der Waals surface area contributed by atoms with Gasteiger partial charge in [0.15, 0.2) is 0 Å². The van der Waals surface area contributed by atoms with Crippen molar-refractivity contribution in [2.24, 2.45) is 0 Å². The topological polar surface area (TPSA) is 33.2 Å². The van der Waals surface area contributed by atoms with Gasteiger partial charge in [0.1, 0.15) is 0 Å². The summed E-state index contributed by atoms with van der Waals surface area (Å²) in [5.74, 6) is 3.76. The highest BCUT2D eigenvalue weighted by Gasteiger charge is 2.21. The Bertz CT molecular complexity index is 394. The van der Waals surface area contributed by atoms with Crippen LogP contribution in [0.2, 0.25) is 0 Å². The van der Waals surface area contributed by atoms with Crippen LogP contribution in [0, 0.1) is 0 Å². The number of hydrogen-bond acceptors (Lipinski definition) is 4. The van der Waals surface area contributed by atoms with Gasteiger partial charge in [0.25, 0.3) is 0 Å². The van der Waals surface area contributed by atoms with Gasteiger partial charge in [0.2, 0.25) is 5.91 Å². The number of thioether (sulfide) groups is 2. The molecule has 0 aromatic carbocycles. The van der Waals surface area contributed by atoms with Gasteiger partial charge in [-0.1, -0.05) is 6.07 Å². The molecule has 1 atom stereocenters. The van der Waals surface area contributed by atoms with Gasteiger partial charge in [-0.15, -0.1) is 0 Å². The number of pyridine rings is 1. The van der Waals surface area contributed by atoms with E-state index < -0.39 is 0 Å². The third kappa shape index (κ3) is 4.73. The Morgan fingerprint density at radius 1 is 1.47 bits per heavy atom. The van der Waals surface area contributed by atoms with Crippen molar-refractivity contribution in [1.29, 1.82) is 0 Å². The molecular formula is C14H20N2OS2. The van der Waals surface area contributed by atoms with Crippen LogP contribution < -0.4 is 0 Å². The second-order valence-corrected chi connectivity index (χ2v) is 7.06. The average Bonchev–Trinajstić information content (AvgIpc) is 2.47. The number of rotatable bonds is 5. The molecule has 0 aliphatic carbocycles. The van der Waals surface area contributed by atoms with Gasteiger partial charge >= 0.3 is 0 Å². The highest BCUT2D eigenvalue weighted by Crippen LogP contribution is 2.26. The smallest absolute Gasteiger partial charge is 0.224 e. The van der Waals surface area contributed by atoms with E-state index in [2.05, 4.69) is 4.98 Å². The molecule has 0 spiro atoms. The molecule has 0 N–H and O–H groups in total. The highest BCUT2D eigenvalue weighted by molar-refractivity contribution is 8.06. The molecule has 1 saturated heterocycles. The highest BCUT2D eigenvalue weighted by atomic mass is 32.2. The van der Waals surface area contributed by atoms with E-state index >= 15 is 0 Å². The van der Waals surface area contributed by atoms with Crippen molar-refractivity contribution in [1.82, 2.24) is 9.88 Å². The van der Waals surface area contributed by atoms with Crippen LogP contribution in [0.25, 0.3) is 0 Å². The lowest BCUT2D eigenvalue weighted by atomic mass is 10.2. The maximum absolute atomic E-state index is 12.3. The summed E-state index contributed by atoms with van der Waals surface area (Å²) < 4.78 is 0. The molecule has 0 bridgehead atoms. The van der Waals surface area contributed by atoms with Crippen LogP contribution in [-0.2, 0) is 11.3 Å². The van der Waals surface area contributed by atoms with Crippen molar-refractivity contribution in [3.63, 3.8) is 0 Å². The van der Waals surface area contributed by atoms with Gasteiger partial charge in [-0.3, -0.25) is 9.78 Å².